The Hall–Kier alpha value is -1.92. The molecule has 0 spiro atoms. The van der Waals surface area contributed by atoms with Crippen molar-refractivity contribution in [1.29, 1.82) is 0 Å². The van der Waals surface area contributed by atoms with Gasteiger partial charge in [0.15, 0.2) is 0 Å². The summed E-state index contributed by atoms with van der Waals surface area (Å²) < 4.78 is 10.3. The molecule has 1 aromatic carbocycles. The molecule has 0 aromatic heterocycles. The predicted octanol–water partition coefficient (Wildman–Crippen LogP) is 2.00. The van der Waals surface area contributed by atoms with Crippen LogP contribution in [0.5, 0.6) is 0 Å². The Morgan fingerprint density at radius 3 is 2.60 bits per heavy atom. The molecule has 1 aromatic rings. The van der Waals surface area contributed by atoms with Gasteiger partial charge in [0.1, 0.15) is 13.2 Å². The van der Waals surface area contributed by atoms with Crippen LogP contribution >= 0.6 is 0 Å². The number of carbonyl (C=O) groups excluding carboxylic acids is 2. The van der Waals surface area contributed by atoms with Crippen molar-refractivity contribution in [3.8, 4) is 0 Å². The van der Waals surface area contributed by atoms with Gasteiger partial charge in [-0.25, -0.2) is 0 Å². The zero-order valence-corrected chi connectivity index (χ0v) is 15.2. The molecule has 2 rings (SSSR count). The number of hydrogen-bond donors (Lipinski definition) is 0. The van der Waals surface area contributed by atoms with E-state index in [1.165, 1.54) is 4.90 Å². The largest absolute Gasteiger partial charge is 0.382 e. The molecule has 2 amide bonds. The Kier molecular flexibility index (Phi) is 7.88. The average molecular weight is 348 g/mol. The molecular weight excluding hydrogens is 320 g/mol. The molecule has 0 unspecified atom stereocenters. The molecule has 0 radical (unpaired) electrons. The van der Waals surface area contributed by atoms with Crippen molar-refractivity contribution in [3.05, 3.63) is 29.8 Å². The molecule has 25 heavy (non-hydrogen) atoms. The van der Waals surface area contributed by atoms with E-state index in [0.717, 1.165) is 43.6 Å². The first-order valence-electron chi connectivity index (χ1n) is 8.83. The quantitative estimate of drug-likeness (QED) is 0.674. The van der Waals surface area contributed by atoms with Crippen LogP contribution in [0.3, 0.4) is 0 Å². The fourth-order valence-corrected chi connectivity index (χ4v) is 2.88. The van der Waals surface area contributed by atoms with Crippen LogP contribution in [0.25, 0.3) is 0 Å². The second-order valence-corrected chi connectivity index (χ2v) is 6.31. The van der Waals surface area contributed by atoms with Gasteiger partial charge in [-0.05, 0) is 43.9 Å². The Morgan fingerprint density at radius 2 is 1.92 bits per heavy atom. The van der Waals surface area contributed by atoms with Crippen molar-refractivity contribution in [2.45, 2.75) is 26.2 Å². The molecule has 0 bridgehead atoms. The van der Waals surface area contributed by atoms with Crippen molar-refractivity contribution < 1.29 is 19.1 Å². The Labute approximate surface area is 149 Å². The molecule has 6 heteroatoms. The summed E-state index contributed by atoms with van der Waals surface area (Å²) in [7, 11) is 1.58. The fraction of sp³-hybridized carbons (Fsp3) is 0.579. The lowest BCUT2D eigenvalue weighted by molar-refractivity contribution is -0.133. The minimum atomic E-state index is -0.216. The van der Waals surface area contributed by atoms with Gasteiger partial charge >= 0.3 is 0 Å². The number of carbonyl (C=O) groups is 2. The SMILES string of the molecule is COCCOCC(=O)N(CC(=O)N1CCCCC1)c1cccc(C)c1. The van der Waals surface area contributed by atoms with Crippen molar-refractivity contribution in [1.82, 2.24) is 4.90 Å². The topological polar surface area (TPSA) is 59.1 Å². The Bertz CT molecular complexity index is 570. The third-order valence-corrected chi connectivity index (χ3v) is 4.27. The van der Waals surface area contributed by atoms with Crippen molar-refractivity contribution in [3.63, 3.8) is 0 Å². The standard InChI is InChI=1S/C19H28N2O4/c1-16-7-6-8-17(13-16)21(19(23)15-25-12-11-24-2)14-18(22)20-9-4-3-5-10-20/h6-8,13H,3-5,9-12,14-15H2,1-2H3. The predicted molar refractivity (Wildman–Crippen MR) is 96.7 cm³/mol. The number of likely N-dealkylation sites (tertiary alicyclic amines) is 1. The number of nitrogens with zero attached hydrogens (tertiary/aromatic N) is 2. The van der Waals surface area contributed by atoms with Crippen LogP contribution in [0.4, 0.5) is 5.69 Å². The van der Waals surface area contributed by atoms with Gasteiger partial charge in [-0.3, -0.25) is 9.59 Å². The molecule has 6 nitrogen and oxygen atoms in total. The number of rotatable bonds is 8. The monoisotopic (exact) mass is 348 g/mol. The highest BCUT2D eigenvalue weighted by Crippen LogP contribution is 2.17. The molecule has 0 saturated carbocycles. The highest BCUT2D eigenvalue weighted by Gasteiger charge is 2.23. The Morgan fingerprint density at radius 1 is 1.16 bits per heavy atom. The number of hydrogen-bond acceptors (Lipinski definition) is 4. The van der Waals surface area contributed by atoms with E-state index >= 15 is 0 Å². The maximum Gasteiger partial charge on any atom is 0.253 e. The second kappa shape index (κ2) is 10.2. The molecular formula is C19H28N2O4. The number of amides is 2. The number of methoxy groups -OCH3 is 1. The zero-order valence-electron chi connectivity index (χ0n) is 15.2. The fourth-order valence-electron chi connectivity index (χ4n) is 2.88. The van der Waals surface area contributed by atoms with Crippen LogP contribution < -0.4 is 4.90 Å². The smallest absolute Gasteiger partial charge is 0.253 e. The lowest BCUT2D eigenvalue weighted by Gasteiger charge is -2.30. The van der Waals surface area contributed by atoms with E-state index in [0.29, 0.717) is 13.2 Å². The summed E-state index contributed by atoms with van der Waals surface area (Å²) in [5.74, 6) is -0.224. The molecule has 0 atom stereocenters. The molecule has 138 valence electrons. The third kappa shape index (κ3) is 6.14. The molecule has 0 N–H and O–H groups in total. The lowest BCUT2D eigenvalue weighted by atomic mass is 10.1. The summed E-state index contributed by atoms with van der Waals surface area (Å²) in [5.41, 5.74) is 1.77. The van der Waals surface area contributed by atoms with E-state index in [9.17, 15) is 9.59 Å². The van der Waals surface area contributed by atoms with Crippen molar-refractivity contribution in [2.24, 2.45) is 0 Å². The summed E-state index contributed by atoms with van der Waals surface area (Å²) in [5, 5.41) is 0. The highest BCUT2D eigenvalue weighted by atomic mass is 16.5. The molecule has 0 aliphatic carbocycles. The normalized spacial score (nSPS) is 14.4. The number of ether oxygens (including phenoxy) is 2. The van der Waals surface area contributed by atoms with Gasteiger partial charge in [-0.1, -0.05) is 12.1 Å². The van der Waals surface area contributed by atoms with Crippen LogP contribution in [0.15, 0.2) is 24.3 Å². The first-order chi connectivity index (χ1) is 12.1. The summed E-state index contributed by atoms with van der Waals surface area (Å²) in [6, 6.07) is 7.62. The summed E-state index contributed by atoms with van der Waals surface area (Å²) in [6.07, 6.45) is 3.23. The van der Waals surface area contributed by atoms with Crippen molar-refractivity contribution >= 4 is 17.5 Å². The number of aryl methyl sites for hydroxylation is 1. The summed E-state index contributed by atoms with van der Waals surface area (Å²) in [6.45, 7) is 4.29. The van der Waals surface area contributed by atoms with Crippen LogP contribution in [0.2, 0.25) is 0 Å². The minimum Gasteiger partial charge on any atom is -0.382 e. The van der Waals surface area contributed by atoms with Gasteiger partial charge in [0, 0.05) is 25.9 Å². The van der Waals surface area contributed by atoms with Gasteiger partial charge in [-0.2, -0.15) is 0 Å². The third-order valence-electron chi connectivity index (χ3n) is 4.27. The van der Waals surface area contributed by atoms with E-state index < -0.39 is 0 Å². The molecule has 1 fully saturated rings. The lowest BCUT2D eigenvalue weighted by Crippen LogP contribution is -2.46. The number of piperidine rings is 1. The second-order valence-electron chi connectivity index (χ2n) is 6.31. The first-order valence-corrected chi connectivity index (χ1v) is 8.83. The minimum absolute atomic E-state index is 0.00792. The maximum atomic E-state index is 12.6. The van der Waals surface area contributed by atoms with Gasteiger partial charge in [0.05, 0.1) is 13.2 Å². The number of anilines is 1. The average Bonchev–Trinajstić information content (AvgIpc) is 2.63. The van der Waals surface area contributed by atoms with Crippen LogP contribution in [0, 0.1) is 6.92 Å². The van der Waals surface area contributed by atoms with Crippen LogP contribution in [-0.2, 0) is 19.1 Å². The van der Waals surface area contributed by atoms with Crippen LogP contribution in [0.1, 0.15) is 24.8 Å². The van der Waals surface area contributed by atoms with E-state index in [1.807, 2.05) is 36.1 Å². The molecule has 1 saturated heterocycles. The maximum absolute atomic E-state index is 12.6. The van der Waals surface area contributed by atoms with Crippen molar-refractivity contribution in [2.75, 3.05) is 51.5 Å². The highest BCUT2D eigenvalue weighted by molar-refractivity contribution is 5.99. The van der Waals surface area contributed by atoms with Gasteiger partial charge in [0.25, 0.3) is 5.91 Å². The van der Waals surface area contributed by atoms with Crippen LogP contribution in [-0.4, -0.2) is 63.3 Å². The van der Waals surface area contributed by atoms with E-state index in [-0.39, 0.29) is 25.0 Å². The van der Waals surface area contributed by atoms with E-state index in [1.54, 1.807) is 7.11 Å². The molecule has 1 aliphatic rings. The van der Waals surface area contributed by atoms with Gasteiger partial charge < -0.3 is 19.3 Å². The number of benzene rings is 1. The molecule has 1 aliphatic heterocycles. The van der Waals surface area contributed by atoms with E-state index in [4.69, 9.17) is 9.47 Å². The summed E-state index contributed by atoms with van der Waals surface area (Å²) in [4.78, 5) is 28.6. The van der Waals surface area contributed by atoms with E-state index in [2.05, 4.69) is 0 Å². The first kappa shape index (κ1) is 19.4. The van der Waals surface area contributed by atoms with Gasteiger partial charge in [-0.15, -0.1) is 0 Å². The van der Waals surface area contributed by atoms with Gasteiger partial charge in [0.2, 0.25) is 5.91 Å². The zero-order chi connectivity index (χ0) is 18.1. The summed E-state index contributed by atoms with van der Waals surface area (Å²) >= 11 is 0. The molecule has 1 heterocycles. The Balaban J connectivity index is 2.05.